The molecule has 1 aliphatic carbocycles. The molecule has 1 aromatic heterocycles. The fourth-order valence-electron chi connectivity index (χ4n) is 2.82. The monoisotopic (exact) mass is 256 g/mol. The number of aromatic nitrogens is 2. The fraction of sp³-hybridized carbons (Fsp3) is 0.769. The minimum Gasteiger partial charge on any atom is -0.386 e. The van der Waals surface area contributed by atoms with E-state index in [1.807, 2.05) is 4.68 Å². The molecule has 0 aromatic carbocycles. The first-order chi connectivity index (χ1) is 8.13. The van der Waals surface area contributed by atoms with Gasteiger partial charge in [-0.15, -0.1) is 0 Å². The largest absolute Gasteiger partial charge is 0.386 e. The number of rotatable bonds is 4. The van der Waals surface area contributed by atoms with Gasteiger partial charge in [0.2, 0.25) is 0 Å². The van der Waals surface area contributed by atoms with E-state index >= 15 is 0 Å². The van der Waals surface area contributed by atoms with Crippen LogP contribution in [0, 0.1) is 11.8 Å². The average molecular weight is 257 g/mol. The van der Waals surface area contributed by atoms with Crippen LogP contribution in [-0.4, -0.2) is 14.9 Å². The Morgan fingerprint density at radius 3 is 2.94 bits per heavy atom. The summed E-state index contributed by atoms with van der Waals surface area (Å²) >= 11 is 6.15. The molecular weight excluding hydrogens is 236 g/mol. The zero-order valence-electron chi connectivity index (χ0n) is 10.6. The van der Waals surface area contributed by atoms with Crippen molar-refractivity contribution in [3.05, 3.63) is 16.9 Å². The SMILES string of the molecule is CCCn1ncc(Cl)c1C(O)C1CCC(C)C1. The Balaban J connectivity index is 2.17. The Kier molecular flexibility index (Phi) is 4.10. The number of aliphatic hydroxyl groups is 1. The predicted octanol–water partition coefficient (Wildman–Crippen LogP) is 3.42. The minimum absolute atomic E-state index is 0.342. The smallest absolute Gasteiger partial charge is 0.0999 e. The Morgan fingerprint density at radius 1 is 1.59 bits per heavy atom. The number of aryl methyl sites for hydroxylation is 1. The van der Waals surface area contributed by atoms with Gasteiger partial charge in [0.05, 0.1) is 23.0 Å². The van der Waals surface area contributed by atoms with Gasteiger partial charge >= 0.3 is 0 Å². The first-order valence-electron chi connectivity index (χ1n) is 6.52. The third-order valence-corrected chi connectivity index (χ3v) is 4.02. The number of nitrogens with zero attached hydrogens (tertiary/aromatic N) is 2. The van der Waals surface area contributed by atoms with Crippen LogP contribution in [0.4, 0.5) is 0 Å². The topological polar surface area (TPSA) is 38.0 Å². The molecule has 0 saturated heterocycles. The van der Waals surface area contributed by atoms with E-state index in [0.29, 0.717) is 10.9 Å². The van der Waals surface area contributed by atoms with E-state index < -0.39 is 6.10 Å². The summed E-state index contributed by atoms with van der Waals surface area (Å²) in [6, 6.07) is 0. The summed E-state index contributed by atoms with van der Waals surface area (Å²) < 4.78 is 1.86. The zero-order valence-corrected chi connectivity index (χ0v) is 11.3. The van der Waals surface area contributed by atoms with Gasteiger partial charge in [-0.05, 0) is 31.1 Å². The molecule has 0 spiro atoms. The van der Waals surface area contributed by atoms with Gasteiger partial charge in [-0.2, -0.15) is 5.10 Å². The van der Waals surface area contributed by atoms with Crippen LogP contribution >= 0.6 is 11.6 Å². The van der Waals surface area contributed by atoms with Crippen molar-refractivity contribution in [2.45, 2.75) is 52.2 Å². The van der Waals surface area contributed by atoms with Gasteiger partial charge in [-0.25, -0.2) is 0 Å². The summed E-state index contributed by atoms with van der Waals surface area (Å²) in [5.74, 6) is 1.06. The lowest BCUT2D eigenvalue weighted by Crippen LogP contribution is -2.16. The van der Waals surface area contributed by atoms with Crippen molar-refractivity contribution >= 4 is 11.6 Å². The molecule has 1 saturated carbocycles. The van der Waals surface area contributed by atoms with Crippen molar-refractivity contribution in [2.24, 2.45) is 11.8 Å². The average Bonchev–Trinajstić information content (AvgIpc) is 2.86. The van der Waals surface area contributed by atoms with Crippen LogP contribution in [0.1, 0.15) is 51.3 Å². The third-order valence-electron chi connectivity index (χ3n) is 3.73. The van der Waals surface area contributed by atoms with Crippen molar-refractivity contribution in [2.75, 3.05) is 0 Å². The lowest BCUT2D eigenvalue weighted by molar-refractivity contribution is 0.100. The first-order valence-corrected chi connectivity index (χ1v) is 6.90. The van der Waals surface area contributed by atoms with E-state index in [4.69, 9.17) is 11.6 Å². The molecule has 0 amide bonds. The Morgan fingerprint density at radius 2 is 2.35 bits per heavy atom. The Labute approximate surface area is 108 Å². The standard InChI is InChI=1S/C13H21ClN2O/c1-3-6-16-12(11(14)8-15-16)13(17)10-5-4-9(2)7-10/h8-10,13,17H,3-7H2,1-2H3. The summed E-state index contributed by atoms with van der Waals surface area (Å²) in [7, 11) is 0. The van der Waals surface area contributed by atoms with Crippen LogP contribution in [0.25, 0.3) is 0 Å². The number of halogens is 1. The summed E-state index contributed by atoms with van der Waals surface area (Å²) in [4.78, 5) is 0. The lowest BCUT2D eigenvalue weighted by atomic mass is 9.97. The molecule has 0 bridgehead atoms. The molecule has 1 aliphatic rings. The molecule has 96 valence electrons. The summed E-state index contributed by atoms with van der Waals surface area (Å²) in [6.07, 6.45) is 5.58. The molecule has 4 heteroatoms. The maximum Gasteiger partial charge on any atom is 0.0999 e. The predicted molar refractivity (Wildman–Crippen MR) is 69.0 cm³/mol. The summed E-state index contributed by atoms with van der Waals surface area (Å²) in [5, 5.41) is 15.3. The fourth-order valence-corrected chi connectivity index (χ4v) is 3.07. The zero-order chi connectivity index (χ0) is 12.4. The van der Waals surface area contributed by atoms with Gasteiger partial charge in [0.1, 0.15) is 0 Å². The van der Waals surface area contributed by atoms with Crippen molar-refractivity contribution in [1.29, 1.82) is 0 Å². The highest BCUT2D eigenvalue weighted by Crippen LogP contribution is 2.40. The maximum atomic E-state index is 10.5. The number of hydrogen-bond donors (Lipinski definition) is 1. The first kappa shape index (κ1) is 12.9. The summed E-state index contributed by atoms with van der Waals surface area (Å²) in [6.45, 7) is 5.17. The molecule has 1 heterocycles. The molecule has 3 unspecified atom stereocenters. The molecular formula is C13H21ClN2O. The van der Waals surface area contributed by atoms with Crippen LogP contribution in [0.5, 0.6) is 0 Å². The normalized spacial score (nSPS) is 26.4. The molecule has 1 fully saturated rings. The van der Waals surface area contributed by atoms with Crippen molar-refractivity contribution in [3.63, 3.8) is 0 Å². The van der Waals surface area contributed by atoms with E-state index in [0.717, 1.165) is 37.4 Å². The lowest BCUT2D eigenvalue weighted by Gasteiger charge is -2.19. The van der Waals surface area contributed by atoms with Gasteiger partial charge in [0, 0.05) is 6.54 Å². The van der Waals surface area contributed by atoms with E-state index in [9.17, 15) is 5.11 Å². The van der Waals surface area contributed by atoms with Gasteiger partial charge in [0.15, 0.2) is 0 Å². The molecule has 2 rings (SSSR count). The van der Waals surface area contributed by atoms with Gasteiger partial charge in [0.25, 0.3) is 0 Å². The van der Waals surface area contributed by atoms with Crippen LogP contribution < -0.4 is 0 Å². The summed E-state index contributed by atoms with van der Waals surface area (Å²) in [5.41, 5.74) is 0.813. The number of hydrogen-bond acceptors (Lipinski definition) is 2. The van der Waals surface area contributed by atoms with Gasteiger partial charge < -0.3 is 5.11 Å². The van der Waals surface area contributed by atoms with Crippen LogP contribution in [-0.2, 0) is 6.54 Å². The van der Waals surface area contributed by atoms with E-state index in [1.165, 1.54) is 6.42 Å². The third kappa shape index (κ3) is 2.66. The van der Waals surface area contributed by atoms with Crippen LogP contribution in [0.3, 0.4) is 0 Å². The van der Waals surface area contributed by atoms with Crippen molar-refractivity contribution < 1.29 is 5.11 Å². The molecule has 17 heavy (non-hydrogen) atoms. The van der Waals surface area contributed by atoms with Crippen LogP contribution in [0.2, 0.25) is 5.02 Å². The van der Waals surface area contributed by atoms with E-state index in [1.54, 1.807) is 6.20 Å². The second kappa shape index (κ2) is 5.40. The molecule has 1 N–H and O–H groups in total. The minimum atomic E-state index is -0.457. The molecule has 1 aromatic rings. The van der Waals surface area contributed by atoms with E-state index in [-0.39, 0.29) is 0 Å². The maximum absolute atomic E-state index is 10.5. The molecule has 0 radical (unpaired) electrons. The van der Waals surface area contributed by atoms with Gasteiger partial charge in [-0.1, -0.05) is 31.9 Å². The van der Waals surface area contributed by atoms with Gasteiger partial charge in [-0.3, -0.25) is 4.68 Å². The van der Waals surface area contributed by atoms with Crippen molar-refractivity contribution in [3.8, 4) is 0 Å². The number of aliphatic hydroxyl groups excluding tert-OH is 1. The molecule has 0 aliphatic heterocycles. The second-order valence-electron chi connectivity index (χ2n) is 5.22. The quantitative estimate of drug-likeness (QED) is 0.897. The highest BCUT2D eigenvalue weighted by atomic mass is 35.5. The van der Waals surface area contributed by atoms with Crippen LogP contribution in [0.15, 0.2) is 6.20 Å². The Bertz CT molecular complexity index is 377. The molecule has 3 nitrogen and oxygen atoms in total. The second-order valence-corrected chi connectivity index (χ2v) is 5.63. The highest BCUT2D eigenvalue weighted by Gasteiger charge is 2.31. The van der Waals surface area contributed by atoms with E-state index in [2.05, 4.69) is 18.9 Å². The highest BCUT2D eigenvalue weighted by molar-refractivity contribution is 6.31. The van der Waals surface area contributed by atoms with Crippen molar-refractivity contribution in [1.82, 2.24) is 9.78 Å². The Hall–Kier alpha value is -0.540. The molecule has 3 atom stereocenters.